The van der Waals surface area contributed by atoms with Crippen LogP contribution in [0.2, 0.25) is 0 Å². The van der Waals surface area contributed by atoms with Crippen LogP contribution in [0.5, 0.6) is 5.75 Å². The third-order valence-electron chi connectivity index (χ3n) is 15.2. The second-order valence-corrected chi connectivity index (χ2v) is 23.7. The van der Waals surface area contributed by atoms with E-state index >= 15 is 0 Å². The number of nitrogens with zero attached hydrogens (tertiary/aromatic N) is 4. The number of aromatic nitrogens is 4. The third-order valence-corrected chi connectivity index (χ3v) is 15.2. The van der Waals surface area contributed by atoms with E-state index in [1.54, 1.807) is 6.07 Å². The van der Waals surface area contributed by atoms with E-state index in [4.69, 9.17) is 9.97 Å². The molecule has 0 amide bonds. The predicted octanol–water partition coefficient (Wildman–Crippen LogP) is 18.9. The molecular weight excluding hydrogens is 1130 g/mol. The van der Waals surface area contributed by atoms with E-state index < -0.39 is 0 Å². The summed E-state index contributed by atoms with van der Waals surface area (Å²) in [5.74, 6) is 0.854. The van der Waals surface area contributed by atoms with Crippen LogP contribution in [0.1, 0.15) is 79.0 Å². The molecule has 0 unspecified atom stereocenters. The van der Waals surface area contributed by atoms with Gasteiger partial charge in [0.2, 0.25) is 0 Å². The maximum Gasteiger partial charge on any atom is 0.148 e. The summed E-state index contributed by atoms with van der Waals surface area (Å²) in [4.78, 5) is 10.6. The Morgan fingerprint density at radius 3 is 1.58 bits per heavy atom. The van der Waals surface area contributed by atoms with Crippen LogP contribution in [0.4, 0.5) is 0 Å². The Morgan fingerprint density at radius 2 is 0.936 bits per heavy atom. The topological polar surface area (TPSA) is 55.9 Å². The van der Waals surface area contributed by atoms with Crippen LogP contribution >= 0.6 is 0 Å². The maximum atomic E-state index is 11.5. The van der Waals surface area contributed by atoms with Gasteiger partial charge in [-0.15, -0.1) is 29.3 Å². The molecule has 0 spiro atoms. The van der Waals surface area contributed by atoms with Gasteiger partial charge in [-0.25, -0.2) is 4.98 Å². The molecule has 12 rings (SSSR count). The van der Waals surface area contributed by atoms with Gasteiger partial charge in [0.15, 0.2) is 0 Å². The van der Waals surface area contributed by atoms with E-state index in [1.165, 1.54) is 33.0 Å². The van der Waals surface area contributed by atoms with E-state index in [-0.39, 0.29) is 43.1 Å². The molecule has 0 aliphatic heterocycles. The third kappa shape index (κ3) is 9.60. The fourth-order valence-corrected chi connectivity index (χ4v) is 10.9. The first-order chi connectivity index (χ1) is 37.0. The van der Waals surface area contributed by atoms with E-state index in [0.717, 1.165) is 83.6 Å². The van der Waals surface area contributed by atoms with Crippen molar-refractivity contribution in [3.8, 4) is 84.3 Å². The Bertz CT molecular complexity index is 4130. The van der Waals surface area contributed by atoms with Gasteiger partial charge in [0.05, 0.1) is 27.6 Å². The van der Waals surface area contributed by atoms with E-state index in [9.17, 15) is 5.11 Å². The normalized spacial score (nSPS) is 12.1. The molecule has 9 aromatic carbocycles. The zero-order valence-corrected chi connectivity index (χ0v) is 48.0. The van der Waals surface area contributed by atoms with Crippen LogP contribution in [0.15, 0.2) is 212 Å². The minimum absolute atomic E-state index is 0. The predicted molar refractivity (Wildman–Crippen MR) is 322 cm³/mol. The Hall–Kier alpha value is -8.11. The maximum absolute atomic E-state index is 11.5. The first-order valence-corrected chi connectivity index (χ1v) is 26.8. The molecule has 3 heterocycles. The summed E-state index contributed by atoms with van der Waals surface area (Å²) in [6, 6.07) is 77.4. The van der Waals surface area contributed by atoms with Crippen molar-refractivity contribution in [2.45, 2.75) is 78.6 Å². The van der Waals surface area contributed by atoms with E-state index in [1.807, 2.05) is 24.4 Å². The van der Waals surface area contributed by atoms with Crippen LogP contribution < -0.4 is 0 Å². The van der Waals surface area contributed by atoms with Crippen molar-refractivity contribution in [2.75, 3.05) is 0 Å². The molecule has 0 fully saturated rings. The molecule has 78 heavy (non-hydrogen) atoms. The van der Waals surface area contributed by atoms with Crippen molar-refractivity contribution in [3.05, 3.63) is 235 Å². The molecule has 0 bridgehead atoms. The van der Waals surface area contributed by atoms with Crippen molar-refractivity contribution < 1.29 is 26.2 Å². The molecule has 0 aliphatic carbocycles. The SMILES string of the molecule is CC(C)(C)c1cc(-c2cc(-c3cccc4c3c3ccccc3n4-c3cc(-c4ccccc4)cc(-c4ccccc4)c3)ccn2)[c-]c(-c2cccc3c2nc(-c2ccccc2O)n3-c2cc(C(C)(C)C)cc(C(C)(C)C)c2)c1.[Pt]. The first-order valence-electron chi connectivity index (χ1n) is 26.8. The number of fused-ring (bicyclic) bond motifs is 4. The van der Waals surface area contributed by atoms with Crippen molar-refractivity contribution in [1.82, 2.24) is 19.1 Å². The Kier molecular flexibility index (Phi) is 13.3. The number of pyridine rings is 1. The van der Waals surface area contributed by atoms with Crippen LogP contribution in [0.3, 0.4) is 0 Å². The van der Waals surface area contributed by atoms with Crippen molar-refractivity contribution in [2.24, 2.45) is 0 Å². The van der Waals surface area contributed by atoms with E-state index in [2.05, 4.69) is 260 Å². The zero-order valence-electron chi connectivity index (χ0n) is 45.8. The minimum atomic E-state index is -0.202. The molecule has 0 saturated carbocycles. The number of rotatable bonds is 8. The first kappa shape index (κ1) is 52.0. The summed E-state index contributed by atoms with van der Waals surface area (Å²) in [5.41, 5.74) is 20.5. The number of aromatic hydroxyl groups is 1. The summed E-state index contributed by atoms with van der Waals surface area (Å²) in [6.07, 6.45) is 1.94. The Labute approximate surface area is 473 Å². The smallest absolute Gasteiger partial charge is 0.148 e. The van der Waals surface area contributed by atoms with Gasteiger partial charge in [-0.1, -0.05) is 201 Å². The Morgan fingerprint density at radius 1 is 0.410 bits per heavy atom. The summed E-state index contributed by atoms with van der Waals surface area (Å²) >= 11 is 0. The van der Waals surface area contributed by atoms with Crippen molar-refractivity contribution in [1.29, 1.82) is 0 Å². The fraction of sp³-hybridized carbons (Fsp3) is 0.167. The molecule has 12 aromatic rings. The molecular formula is C72H63N4OPt-. The van der Waals surface area contributed by atoms with E-state index in [0.29, 0.717) is 11.4 Å². The van der Waals surface area contributed by atoms with Gasteiger partial charge in [-0.3, -0.25) is 9.55 Å². The molecule has 5 nitrogen and oxygen atoms in total. The average Bonchev–Trinajstić information content (AvgIpc) is 4.03. The van der Waals surface area contributed by atoms with Crippen molar-refractivity contribution in [3.63, 3.8) is 0 Å². The summed E-state index contributed by atoms with van der Waals surface area (Å²) in [5, 5.41) is 13.9. The van der Waals surface area contributed by atoms with Crippen LogP contribution in [-0.2, 0) is 37.3 Å². The van der Waals surface area contributed by atoms with Crippen LogP contribution in [0.25, 0.3) is 111 Å². The quantitative estimate of drug-likeness (QED) is 0.154. The second kappa shape index (κ2) is 20.0. The molecule has 0 radical (unpaired) electrons. The molecule has 388 valence electrons. The van der Waals surface area contributed by atoms with Gasteiger partial charge in [0, 0.05) is 55.1 Å². The summed E-state index contributed by atoms with van der Waals surface area (Å²) in [7, 11) is 0. The monoisotopic (exact) mass is 1190 g/mol. The van der Waals surface area contributed by atoms with Gasteiger partial charge >= 0.3 is 0 Å². The molecule has 0 aliphatic rings. The summed E-state index contributed by atoms with van der Waals surface area (Å²) < 4.78 is 4.66. The number of para-hydroxylation sites is 3. The van der Waals surface area contributed by atoms with Gasteiger partial charge in [0.25, 0.3) is 0 Å². The van der Waals surface area contributed by atoms with Crippen LogP contribution in [-0.4, -0.2) is 24.2 Å². The molecule has 1 N–H and O–H groups in total. The number of phenolic OH excluding ortho intramolecular Hbond substituents is 1. The summed E-state index contributed by atoms with van der Waals surface area (Å²) in [6.45, 7) is 20.4. The molecule has 3 aromatic heterocycles. The molecule has 0 atom stereocenters. The number of imidazole rings is 1. The van der Waals surface area contributed by atoms with Gasteiger partial charge in [-0.2, -0.15) is 0 Å². The average molecular weight is 1200 g/mol. The zero-order chi connectivity index (χ0) is 53.4. The minimum Gasteiger partial charge on any atom is -0.507 e. The Balaban J connectivity index is 0.00000645. The van der Waals surface area contributed by atoms with Gasteiger partial charge < -0.3 is 9.67 Å². The standard InChI is InChI=1S/C72H63N4O.Pt/c1-70(2,3)53-38-51(59-29-21-32-65-68(59)74-69(61-27-17-19-33-66(61)77)76(65)57-44-54(71(4,5)6)43-55(45-57)72(7,8)9)37-52(39-53)62-42-48(34-35-73-62)58-28-20-31-64-67(58)60-26-16-18-30-63(60)75(64)56-40-49(46-22-12-10-13-23-46)36-50(41-56)47-24-14-11-15-25-47;/h10-36,38-45,77H,1-9H3;/q-1;. The number of benzene rings is 9. The van der Waals surface area contributed by atoms with Crippen LogP contribution in [0, 0.1) is 6.07 Å². The number of hydrogen-bond acceptors (Lipinski definition) is 3. The molecule has 6 heteroatoms. The fourth-order valence-electron chi connectivity index (χ4n) is 10.9. The largest absolute Gasteiger partial charge is 0.507 e. The number of phenols is 1. The number of hydrogen-bond donors (Lipinski definition) is 1. The van der Waals surface area contributed by atoms with Crippen molar-refractivity contribution >= 4 is 32.8 Å². The second-order valence-electron chi connectivity index (χ2n) is 23.7. The van der Waals surface area contributed by atoms with Gasteiger partial charge in [-0.05, 0) is 127 Å². The van der Waals surface area contributed by atoms with Gasteiger partial charge in [0.1, 0.15) is 11.6 Å². The molecule has 0 saturated heterocycles.